The molecule has 1 heterocycles. The van der Waals surface area contributed by atoms with E-state index in [0.717, 1.165) is 6.42 Å². The van der Waals surface area contributed by atoms with Gasteiger partial charge in [-0.1, -0.05) is 25.4 Å². The highest BCUT2D eigenvalue weighted by atomic mass is 35.5. The zero-order valence-corrected chi connectivity index (χ0v) is 12.2. The molecule has 1 amide bonds. The number of carbonyl (C=O) groups excluding carboxylic acids is 1. The highest BCUT2D eigenvalue weighted by Gasteiger charge is 2.45. The summed E-state index contributed by atoms with van der Waals surface area (Å²) >= 11 is 5.91. The molecule has 1 aliphatic rings. The van der Waals surface area contributed by atoms with Crippen LogP contribution in [0.4, 0.5) is 0 Å². The fraction of sp³-hybridized carbons (Fsp3) is 0.500. The fourth-order valence-corrected chi connectivity index (χ4v) is 2.37. The van der Waals surface area contributed by atoms with Gasteiger partial charge in [0.2, 0.25) is 0 Å². The van der Waals surface area contributed by atoms with Gasteiger partial charge in [-0.3, -0.25) is 4.79 Å². The first-order chi connectivity index (χ1) is 9.34. The highest BCUT2D eigenvalue weighted by molar-refractivity contribution is 6.29. The quantitative estimate of drug-likeness (QED) is 0.837. The van der Waals surface area contributed by atoms with E-state index in [0.29, 0.717) is 24.1 Å². The number of carboxylic acid groups (broad SMARTS) is 1. The van der Waals surface area contributed by atoms with E-state index < -0.39 is 17.4 Å². The topological polar surface area (TPSA) is 79.3 Å². The summed E-state index contributed by atoms with van der Waals surface area (Å²) in [5, 5.41) is 12.1. The Bertz CT molecular complexity index is 553. The number of hydrogen-bond donors (Lipinski definition) is 2. The van der Waals surface area contributed by atoms with E-state index in [4.69, 9.17) is 11.6 Å². The van der Waals surface area contributed by atoms with Gasteiger partial charge in [0.25, 0.3) is 5.91 Å². The maximum atomic E-state index is 12.2. The van der Waals surface area contributed by atoms with Crippen molar-refractivity contribution in [2.75, 3.05) is 0 Å². The Morgan fingerprint density at radius 2 is 2.05 bits per heavy atom. The lowest BCUT2D eigenvalue weighted by molar-refractivity contribution is -0.148. The van der Waals surface area contributed by atoms with Gasteiger partial charge in [0.1, 0.15) is 10.7 Å². The van der Waals surface area contributed by atoms with Gasteiger partial charge in [-0.25, -0.2) is 9.78 Å². The molecule has 0 aliphatic heterocycles. The van der Waals surface area contributed by atoms with Gasteiger partial charge in [0, 0.05) is 11.3 Å². The Kier molecular flexibility index (Phi) is 3.99. The van der Waals surface area contributed by atoms with Crippen LogP contribution in [0.5, 0.6) is 0 Å². The summed E-state index contributed by atoms with van der Waals surface area (Å²) in [7, 11) is 0. The Labute approximate surface area is 122 Å². The van der Waals surface area contributed by atoms with Crippen LogP contribution in [0.2, 0.25) is 5.15 Å². The highest BCUT2D eigenvalue weighted by Crippen LogP contribution is 2.32. The first kappa shape index (κ1) is 14.8. The summed E-state index contributed by atoms with van der Waals surface area (Å²) in [6.07, 6.45) is 1.73. The minimum absolute atomic E-state index is 0.136. The van der Waals surface area contributed by atoms with E-state index in [-0.39, 0.29) is 11.1 Å². The van der Waals surface area contributed by atoms with E-state index in [1.54, 1.807) is 6.07 Å². The van der Waals surface area contributed by atoms with Gasteiger partial charge in [-0.05, 0) is 37.3 Å². The number of amides is 1. The molecule has 0 radical (unpaired) electrons. The van der Waals surface area contributed by atoms with Crippen molar-refractivity contribution in [2.45, 2.75) is 44.6 Å². The van der Waals surface area contributed by atoms with Crippen LogP contribution in [-0.2, 0) is 4.79 Å². The van der Waals surface area contributed by atoms with E-state index >= 15 is 0 Å². The minimum atomic E-state index is -1.12. The Balaban J connectivity index is 2.23. The molecule has 1 saturated carbocycles. The normalized spacial score (nSPS) is 16.6. The standard InChI is InChI=1S/C14H17ClN2O3/c1-8(2)10-6-9(7-11(15)16-10)12(18)17-14(13(19)20)4-3-5-14/h6-8H,3-5H2,1-2H3,(H,17,18)(H,19,20). The summed E-state index contributed by atoms with van der Waals surface area (Å²) in [6.45, 7) is 3.90. The van der Waals surface area contributed by atoms with Gasteiger partial charge < -0.3 is 10.4 Å². The molecule has 0 atom stereocenters. The maximum Gasteiger partial charge on any atom is 0.329 e. The summed E-state index contributed by atoms with van der Waals surface area (Å²) < 4.78 is 0. The summed E-state index contributed by atoms with van der Waals surface area (Å²) in [5.74, 6) is -1.27. The number of nitrogens with zero attached hydrogens (tertiary/aromatic N) is 1. The number of carboxylic acids is 1. The molecule has 1 aromatic rings. The molecule has 108 valence electrons. The largest absolute Gasteiger partial charge is 0.480 e. The lowest BCUT2D eigenvalue weighted by Gasteiger charge is -2.38. The lowest BCUT2D eigenvalue weighted by atomic mass is 9.76. The monoisotopic (exact) mass is 296 g/mol. The van der Waals surface area contributed by atoms with Crippen LogP contribution in [0, 0.1) is 0 Å². The SMILES string of the molecule is CC(C)c1cc(C(=O)NC2(C(=O)O)CCC2)cc(Cl)n1. The number of aliphatic carboxylic acids is 1. The fourth-order valence-electron chi connectivity index (χ4n) is 2.16. The van der Waals surface area contributed by atoms with Gasteiger partial charge in [-0.15, -0.1) is 0 Å². The van der Waals surface area contributed by atoms with Crippen molar-refractivity contribution in [1.29, 1.82) is 0 Å². The zero-order valence-electron chi connectivity index (χ0n) is 11.4. The smallest absolute Gasteiger partial charge is 0.329 e. The second kappa shape index (κ2) is 5.40. The van der Waals surface area contributed by atoms with Crippen LogP contribution in [0.15, 0.2) is 12.1 Å². The second-order valence-electron chi connectivity index (χ2n) is 5.45. The molecule has 2 rings (SSSR count). The molecule has 0 aromatic carbocycles. The molecule has 20 heavy (non-hydrogen) atoms. The summed E-state index contributed by atoms with van der Waals surface area (Å²) in [5.41, 5.74) is -0.0629. The molecule has 1 aromatic heterocycles. The van der Waals surface area contributed by atoms with E-state index in [2.05, 4.69) is 10.3 Å². The molecule has 1 fully saturated rings. The van der Waals surface area contributed by atoms with E-state index in [1.807, 2.05) is 13.8 Å². The van der Waals surface area contributed by atoms with E-state index in [9.17, 15) is 14.7 Å². The molecule has 1 aliphatic carbocycles. The molecule has 0 saturated heterocycles. The van der Waals surface area contributed by atoms with Gasteiger partial charge >= 0.3 is 5.97 Å². The van der Waals surface area contributed by atoms with Crippen molar-refractivity contribution >= 4 is 23.5 Å². The summed E-state index contributed by atoms with van der Waals surface area (Å²) in [4.78, 5) is 27.6. The average molecular weight is 297 g/mol. The predicted octanol–water partition coefficient (Wildman–Crippen LogP) is 2.60. The van der Waals surface area contributed by atoms with Crippen LogP contribution in [0.3, 0.4) is 0 Å². The molecule has 5 nitrogen and oxygen atoms in total. The molecular formula is C14H17ClN2O3. The van der Waals surface area contributed by atoms with Crippen molar-refractivity contribution in [3.8, 4) is 0 Å². The van der Waals surface area contributed by atoms with Gasteiger partial charge in [0.05, 0.1) is 0 Å². The first-order valence-corrected chi connectivity index (χ1v) is 6.95. The number of nitrogens with one attached hydrogen (secondary N) is 1. The van der Waals surface area contributed by atoms with Gasteiger partial charge in [-0.2, -0.15) is 0 Å². The minimum Gasteiger partial charge on any atom is -0.480 e. The Morgan fingerprint density at radius 3 is 2.50 bits per heavy atom. The van der Waals surface area contributed by atoms with Crippen molar-refractivity contribution in [3.05, 3.63) is 28.5 Å². The third-order valence-electron chi connectivity index (χ3n) is 3.64. The van der Waals surface area contributed by atoms with Crippen molar-refractivity contribution in [3.63, 3.8) is 0 Å². The van der Waals surface area contributed by atoms with Crippen LogP contribution in [0.25, 0.3) is 0 Å². The molecule has 2 N–H and O–H groups in total. The molecule has 0 spiro atoms. The summed E-state index contributed by atoms with van der Waals surface area (Å²) in [6, 6.07) is 3.11. The van der Waals surface area contributed by atoms with Crippen molar-refractivity contribution < 1.29 is 14.7 Å². The van der Waals surface area contributed by atoms with Gasteiger partial charge in [0.15, 0.2) is 0 Å². The number of rotatable bonds is 4. The Hall–Kier alpha value is -1.62. The zero-order chi connectivity index (χ0) is 14.9. The third kappa shape index (κ3) is 2.77. The van der Waals surface area contributed by atoms with Crippen LogP contribution in [-0.4, -0.2) is 27.5 Å². The average Bonchev–Trinajstić information content (AvgIpc) is 2.32. The van der Waals surface area contributed by atoms with Crippen molar-refractivity contribution in [2.24, 2.45) is 0 Å². The van der Waals surface area contributed by atoms with Crippen molar-refractivity contribution in [1.82, 2.24) is 10.3 Å². The third-order valence-corrected chi connectivity index (χ3v) is 3.83. The molecule has 0 bridgehead atoms. The van der Waals surface area contributed by atoms with Crippen LogP contribution in [0.1, 0.15) is 55.1 Å². The molecule has 6 heteroatoms. The number of carbonyl (C=O) groups is 2. The van der Waals surface area contributed by atoms with Crippen LogP contribution >= 0.6 is 11.6 Å². The number of pyridine rings is 1. The lowest BCUT2D eigenvalue weighted by Crippen LogP contribution is -2.59. The Morgan fingerprint density at radius 1 is 1.40 bits per heavy atom. The number of aromatic nitrogens is 1. The predicted molar refractivity (Wildman–Crippen MR) is 75.0 cm³/mol. The molecular weight excluding hydrogens is 280 g/mol. The second-order valence-corrected chi connectivity index (χ2v) is 5.84. The first-order valence-electron chi connectivity index (χ1n) is 6.57. The van der Waals surface area contributed by atoms with Crippen LogP contribution < -0.4 is 5.32 Å². The maximum absolute atomic E-state index is 12.2. The number of halogens is 1. The molecule has 0 unspecified atom stereocenters. The van der Waals surface area contributed by atoms with E-state index in [1.165, 1.54) is 6.07 Å². The number of hydrogen-bond acceptors (Lipinski definition) is 3.